The zero-order chi connectivity index (χ0) is 26.0. The van der Waals surface area contributed by atoms with Crippen molar-refractivity contribution in [2.24, 2.45) is 4.99 Å². The van der Waals surface area contributed by atoms with Crippen LogP contribution >= 0.6 is 34.8 Å². The molecule has 0 saturated carbocycles. The summed E-state index contributed by atoms with van der Waals surface area (Å²) in [6.45, 7) is 0. The van der Waals surface area contributed by atoms with Gasteiger partial charge in [0, 0.05) is 30.1 Å². The van der Waals surface area contributed by atoms with Gasteiger partial charge in [-0.1, -0.05) is 40.9 Å². The largest absolute Gasteiger partial charge is 0.453 e. The van der Waals surface area contributed by atoms with E-state index in [-0.39, 0.29) is 50.2 Å². The monoisotopic (exact) mass is 567 g/mol. The van der Waals surface area contributed by atoms with Crippen molar-refractivity contribution in [1.82, 2.24) is 10.2 Å². The smallest absolute Gasteiger partial charge is 0.249 e. The number of ether oxygens (including phenoxy) is 1. The van der Waals surface area contributed by atoms with Crippen molar-refractivity contribution in [3.8, 4) is 23.0 Å². The molecule has 0 unspecified atom stereocenters. The van der Waals surface area contributed by atoms with Gasteiger partial charge in [-0.3, -0.25) is 4.99 Å². The van der Waals surface area contributed by atoms with Gasteiger partial charge in [0.05, 0.1) is 26.9 Å². The van der Waals surface area contributed by atoms with E-state index in [9.17, 15) is 8.42 Å². The summed E-state index contributed by atoms with van der Waals surface area (Å²) in [6, 6.07) is 12.0. The number of aliphatic imine (C=N–C) groups is 1. The SMILES string of the molecule is CN=Cc1cc(Cl)cc(Oc2c(Cl)ccc(Cc3nnc(-c4ccc(S(C)(=O)=O)cc4Cl)o3)c2F)c1. The Labute approximate surface area is 221 Å². The molecule has 12 heteroatoms. The van der Waals surface area contributed by atoms with Crippen LogP contribution in [0.15, 0.2) is 62.8 Å². The summed E-state index contributed by atoms with van der Waals surface area (Å²) in [5, 5.41) is 8.47. The molecule has 4 rings (SSSR count). The third-order valence-corrected chi connectivity index (χ3v) is 6.87. The first kappa shape index (κ1) is 26.1. The van der Waals surface area contributed by atoms with Gasteiger partial charge in [-0.15, -0.1) is 10.2 Å². The third kappa shape index (κ3) is 5.87. The first-order valence-electron chi connectivity index (χ1n) is 10.2. The number of rotatable bonds is 7. The molecule has 0 saturated heterocycles. The minimum Gasteiger partial charge on any atom is -0.453 e. The second-order valence-corrected chi connectivity index (χ2v) is 10.9. The number of hydrogen-bond donors (Lipinski definition) is 0. The molecule has 1 aromatic heterocycles. The van der Waals surface area contributed by atoms with Crippen molar-refractivity contribution in [3.05, 3.63) is 86.4 Å². The van der Waals surface area contributed by atoms with Gasteiger partial charge >= 0.3 is 0 Å². The lowest BCUT2D eigenvalue weighted by Gasteiger charge is -2.12. The average Bonchev–Trinajstić information content (AvgIpc) is 3.26. The Morgan fingerprint density at radius 1 is 1.06 bits per heavy atom. The fourth-order valence-electron chi connectivity index (χ4n) is 3.28. The predicted molar refractivity (Wildman–Crippen MR) is 137 cm³/mol. The van der Waals surface area contributed by atoms with Crippen LogP contribution in [-0.2, 0) is 16.3 Å². The first-order chi connectivity index (χ1) is 17.0. The van der Waals surface area contributed by atoms with Gasteiger partial charge in [0.2, 0.25) is 11.8 Å². The van der Waals surface area contributed by atoms with E-state index >= 15 is 4.39 Å². The van der Waals surface area contributed by atoms with Crippen molar-refractivity contribution in [2.75, 3.05) is 13.3 Å². The van der Waals surface area contributed by atoms with Crippen molar-refractivity contribution in [2.45, 2.75) is 11.3 Å². The number of hydrogen-bond acceptors (Lipinski definition) is 7. The lowest BCUT2D eigenvalue weighted by atomic mass is 10.1. The second-order valence-electron chi connectivity index (χ2n) is 7.65. The molecular formula is C24H17Cl3FN3O4S. The van der Waals surface area contributed by atoms with Crippen LogP contribution in [0.5, 0.6) is 11.5 Å². The highest BCUT2D eigenvalue weighted by molar-refractivity contribution is 7.90. The fraction of sp³-hybridized carbons (Fsp3) is 0.125. The maximum atomic E-state index is 15.4. The lowest BCUT2D eigenvalue weighted by Crippen LogP contribution is -1.98. The summed E-state index contributed by atoms with van der Waals surface area (Å²) >= 11 is 18.6. The Morgan fingerprint density at radius 3 is 2.53 bits per heavy atom. The van der Waals surface area contributed by atoms with E-state index in [1.54, 1.807) is 25.4 Å². The number of halogens is 4. The van der Waals surface area contributed by atoms with Gasteiger partial charge in [0.15, 0.2) is 21.4 Å². The molecule has 0 radical (unpaired) electrons. The van der Waals surface area contributed by atoms with Crippen LogP contribution < -0.4 is 4.74 Å². The van der Waals surface area contributed by atoms with Crippen molar-refractivity contribution in [1.29, 1.82) is 0 Å². The Morgan fingerprint density at radius 2 is 1.83 bits per heavy atom. The number of benzene rings is 3. The highest BCUT2D eigenvalue weighted by Gasteiger charge is 2.20. The molecule has 0 atom stereocenters. The summed E-state index contributed by atoms with van der Waals surface area (Å²) in [5.41, 5.74) is 1.21. The van der Waals surface area contributed by atoms with Crippen LogP contribution in [0.3, 0.4) is 0 Å². The Kier molecular flexibility index (Phi) is 7.65. The van der Waals surface area contributed by atoms with Crippen LogP contribution in [-0.4, -0.2) is 38.1 Å². The second kappa shape index (κ2) is 10.6. The number of aromatic nitrogens is 2. The topological polar surface area (TPSA) is 94.6 Å². The third-order valence-electron chi connectivity index (χ3n) is 4.93. The van der Waals surface area contributed by atoms with Crippen molar-refractivity contribution < 1.29 is 22.0 Å². The molecule has 0 aliphatic rings. The Balaban J connectivity index is 1.60. The average molecular weight is 569 g/mol. The fourth-order valence-corrected chi connectivity index (χ4v) is 4.68. The molecule has 3 aromatic carbocycles. The molecule has 1 heterocycles. The highest BCUT2D eigenvalue weighted by Crippen LogP contribution is 2.36. The van der Waals surface area contributed by atoms with Crippen LogP contribution in [0.4, 0.5) is 4.39 Å². The van der Waals surface area contributed by atoms with E-state index in [1.807, 2.05) is 0 Å². The summed E-state index contributed by atoms with van der Waals surface area (Å²) in [4.78, 5) is 3.99. The minimum absolute atomic E-state index is 0.0561. The molecule has 0 N–H and O–H groups in total. The zero-order valence-electron chi connectivity index (χ0n) is 18.8. The minimum atomic E-state index is -3.43. The maximum Gasteiger partial charge on any atom is 0.249 e. The summed E-state index contributed by atoms with van der Waals surface area (Å²) in [7, 11) is -1.82. The van der Waals surface area contributed by atoms with E-state index in [4.69, 9.17) is 44.0 Å². The molecule has 36 heavy (non-hydrogen) atoms. The molecule has 4 aromatic rings. The van der Waals surface area contributed by atoms with Crippen LogP contribution in [0.1, 0.15) is 17.0 Å². The van der Waals surface area contributed by atoms with Gasteiger partial charge < -0.3 is 9.15 Å². The summed E-state index contributed by atoms with van der Waals surface area (Å²) in [5.74, 6) is -0.449. The molecular weight excluding hydrogens is 552 g/mol. The van der Waals surface area contributed by atoms with E-state index in [0.29, 0.717) is 16.1 Å². The van der Waals surface area contributed by atoms with Crippen molar-refractivity contribution in [3.63, 3.8) is 0 Å². The van der Waals surface area contributed by atoms with E-state index in [2.05, 4.69) is 15.2 Å². The van der Waals surface area contributed by atoms with Crippen molar-refractivity contribution >= 4 is 50.9 Å². The molecule has 0 fully saturated rings. The maximum absolute atomic E-state index is 15.4. The Bertz CT molecular complexity index is 1590. The predicted octanol–water partition coefficient (Wildman–Crippen LogP) is 6.67. The van der Waals surface area contributed by atoms with Gasteiger partial charge in [0.1, 0.15) is 5.75 Å². The molecule has 186 valence electrons. The highest BCUT2D eigenvalue weighted by atomic mass is 35.5. The van der Waals surface area contributed by atoms with Crippen LogP contribution in [0.25, 0.3) is 11.5 Å². The van der Waals surface area contributed by atoms with E-state index in [0.717, 1.165) is 6.26 Å². The lowest BCUT2D eigenvalue weighted by molar-refractivity contribution is 0.437. The van der Waals surface area contributed by atoms with Gasteiger partial charge in [-0.25, -0.2) is 12.8 Å². The molecule has 0 aliphatic heterocycles. The normalized spacial score (nSPS) is 11.8. The molecule has 0 amide bonds. The van der Waals surface area contributed by atoms with Crippen LogP contribution in [0, 0.1) is 5.82 Å². The zero-order valence-corrected chi connectivity index (χ0v) is 21.9. The Hall–Kier alpha value is -2.98. The molecule has 7 nitrogen and oxygen atoms in total. The van der Waals surface area contributed by atoms with Gasteiger partial charge in [-0.2, -0.15) is 0 Å². The van der Waals surface area contributed by atoms with Crippen LogP contribution in [0.2, 0.25) is 15.1 Å². The number of nitrogens with zero attached hydrogens (tertiary/aromatic N) is 3. The quantitative estimate of drug-likeness (QED) is 0.231. The van der Waals surface area contributed by atoms with Gasteiger partial charge in [-0.05, 0) is 48.0 Å². The molecule has 0 bridgehead atoms. The standard InChI is InChI=1S/C24H17Cl3FN3O4S/c1-29-12-13-7-15(25)10-16(8-13)34-23-19(26)6-3-14(22(23)28)9-21-30-31-24(35-21)18-5-4-17(11-20(18)27)36(2,32)33/h3-8,10-12H,9H2,1-2H3. The number of sulfone groups is 1. The summed E-state index contributed by atoms with van der Waals surface area (Å²) < 4.78 is 50.2. The van der Waals surface area contributed by atoms with E-state index < -0.39 is 15.7 Å². The molecule has 0 spiro atoms. The van der Waals surface area contributed by atoms with Gasteiger partial charge in [0.25, 0.3) is 0 Å². The molecule has 0 aliphatic carbocycles. The summed E-state index contributed by atoms with van der Waals surface area (Å²) in [6.07, 6.45) is 2.60. The van der Waals surface area contributed by atoms with E-state index in [1.165, 1.54) is 36.4 Å². The first-order valence-corrected chi connectivity index (χ1v) is 13.3.